The number of carbonyl (C=O) groups excluding carboxylic acids is 1. The summed E-state index contributed by atoms with van der Waals surface area (Å²) in [6.45, 7) is 12.7. The second-order valence-corrected chi connectivity index (χ2v) is 12.9. The number of nitrogens with one attached hydrogen (secondary N) is 1. The summed E-state index contributed by atoms with van der Waals surface area (Å²) in [5.74, 6) is 0.902. The van der Waals surface area contributed by atoms with Crippen molar-refractivity contribution in [3.63, 3.8) is 0 Å². The van der Waals surface area contributed by atoms with Gasteiger partial charge in [-0.25, -0.2) is 4.79 Å². The molecule has 0 saturated heterocycles. The molecule has 0 radical (unpaired) electrons. The Morgan fingerprint density at radius 1 is 1.00 bits per heavy atom. The van der Waals surface area contributed by atoms with E-state index in [9.17, 15) is 4.79 Å². The normalized spacial score (nSPS) is 12.9. The van der Waals surface area contributed by atoms with Crippen LogP contribution in [0, 0.1) is 0 Å². The molecule has 0 fully saturated rings. The van der Waals surface area contributed by atoms with Crippen molar-refractivity contribution in [2.75, 3.05) is 12.3 Å². The molecule has 0 aromatic heterocycles. The Morgan fingerprint density at radius 2 is 1.59 bits per heavy atom. The van der Waals surface area contributed by atoms with Crippen molar-refractivity contribution in [2.45, 2.75) is 59.5 Å². The van der Waals surface area contributed by atoms with E-state index in [1.54, 1.807) is 0 Å². The first-order valence-electron chi connectivity index (χ1n) is 10.3. The molecule has 1 unspecified atom stereocenters. The van der Waals surface area contributed by atoms with Gasteiger partial charge in [0.1, 0.15) is 23.7 Å². The average molecular weight is 417 g/mol. The van der Waals surface area contributed by atoms with Crippen LogP contribution in [-0.4, -0.2) is 29.8 Å². The zero-order chi connectivity index (χ0) is 21.5. The fraction of sp³-hybridized carbons (Fsp3) is 0.458. The van der Waals surface area contributed by atoms with Crippen LogP contribution in [0.4, 0.5) is 4.79 Å². The highest BCUT2D eigenvalue weighted by atomic mass is 31.2. The number of hydrogen-bond donors (Lipinski definition) is 1. The van der Waals surface area contributed by atoms with Crippen molar-refractivity contribution in [3.05, 3.63) is 60.2 Å². The molecule has 2 aromatic carbocycles. The largest absolute Gasteiger partial charge is 0.489 e. The van der Waals surface area contributed by atoms with Crippen molar-refractivity contribution >= 4 is 18.7 Å². The minimum atomic E-state index is -1.59. The van der Waals surface area contributed by atoms with Crippen LogP contribution in [0.3, 0.4) is 0 Å². The summed E-state index contributed by atoms with van der Waals surface area (Å²) < 4.78 is 11.4. The molecule has 0 aliphatic carbocycles. The van der Waals surface area contributed by atoms with Crippen molar-refractivity contribution in [3.8, 4) is 5.75 Å². The molecule has 1 amide bonds. The Hall–Kier alpha value is -2.06. The smallest absolute Gasteiger partial charge is 0.410 e. The van der Waals surface area contributed by atoms with E-state index in [0.29, 0.717) is 6.61 Å². The fourth-order valence-electron chi connectivity index (χ4n) is 3.54. The zero-order valence-electron chi connectivity index (χ0n) is 18.6. The summed E-state index contributed by atoms with van der Waals surface area (Å²) in [5.41, 5.74) is 0.650. The molecule has 5 heteroatoms. The van der Waals surface area contributed by atoms with Gasteiger partial charge in [-0.05, 0) is 71.4 Å². The Balaban J connectivity index is 2.11. The van der Waals surface area contributed by atoms with Crippen LogP contribution < -0.4 is 15.4 Å². The van der Waals surface area contributed by atoms with Gasteiger partial charge in [-0.15, -0.1) is 0 Å². The molecule has 1 atom stereocenters. The van der Waals surface area contributed by atoms with Gasteiger partial charge in [0.15, 0.2) is 0 Å². The van der Waals surface area contributed by atoms with E-state index in [-0.39, 0.29) is 11.9 Å². The van der Waals surface area contributed by atoms with Crippen molar-refractivity contribution in [1.82, 2.24) is 5.32 Å². The molecule has 0 spiro atoms. The number of ether oxygens (including phenoxy) is 2. The second kappa shape index (κ2) is 10.1. The quantitative estimate of drug-likeness (QED) is 0.552. The molecular weight excluding hydrogens is 381 g/mol. The molecule has 2 rings (SSSR count). The van der Waals surface area contributed by atoms with Gasteiger partial charge in [-0.2, -0.15) is 0 Å². The Bertz CT molecular complexity index is 765. The highest BCUT2D eigenvalue weighted by molar-refractivity contribution is 7.83. The van der Waals surface area contributed by atoms with Gasteiger partial charge in [-0.3, -0.25) is 5.32 Å². The molecule has 0 bridgehead atoms. The lowest BCUT2D eigenvalue weighted by Gasteiger charge is -2.32. The van der Waals surface area contributed by atoms with Crippen molar-refractivity contribution in [2.24, 2.45) is 0 Å². The lowest BCUT2D eigenvalue weighted by molar-refractivity contribution is 0.0523. The van der Waals surface area contributed by atoms with E-state index in [1.165, 1.54) is 5.30 Å². The van der Waals surface area contributed by atoms with Gasteiger partial charge >= 0.3 is 6.09 Å². The molecule has 1 N–H and O–H groups in total. The summed E-state index contributed by atoms with van der Waals surface area (Å²) in [6, 6.07) is 18.6. The maximum absolute atomic E-state index is 12.3. The van der Waals surface area contributed by atoms with E-state index in [2.05, 4.69) is 50.4 Å². The van der Waals surface area contributed by atoms with E-state index in [0.717, 1.165) is 23.6 Å². The van der Waals surface area contributed by atoms with Gasteiger partial charge < -0.3 is 9.47 Å². The molecular formula is C24H35NO3P+. The number of rotatable bonds is 8. The summed E-state index contributed by atoms with van der Waals surface area (Å²) in [4.78, 5) is 12.3. The maximum Gasteiger partial charge on any atom is 0.410 e. The molecule has 0 aliphatic rings. The SMILES string of the molecule is CC[P+](CC)(c1ccc(OCc2ccccc2)cc1)C(C)NC(=O)OC(C)(C)C. The van der Waals surface area contributed by atoms with Crippen LogP contribution in [0.25, 0.3) is 0 Å². The topological polar surface area (TPSA) is 47.6 Å². The summed E-state index contributed by atoms with van der Waals surface area (Å²) >= 11 is 0. The zero-order valence-corrected chi connectivity index (χ0v) is 19.5. The van der Waals surface area contributed by atoms with Crippen LogP contribution in [-0.2, 0) is 11.3 Å². The first kappa shape index (κ1) is 23.2. The minimum absolute atomic E-state index is 0.0448. The van der Waals surface area contributed by atoms with Gasteiger partial charge in [-0.1, -0.05) is 30.3 Å². The Kier molecular flexibility index (Phi) is 8.10. The first-order valence-corrected chi connectivity index (χ1v) is 12.6. The van der Waals surface area contributed by atoms with Crippen molar-refractivity contribution < 1.29 is 14.3 Å². The third-order valence-electron chi connectivity index (χ3n) is 5.19. The van der Waals surface area contributed by atoms with Gasteiger partial charge in [0.05, 0.1) is 24.9 Å². The minimum Gasteiger partial charge on any atom is -0.489 e. The lowest BCUT2D eigenvalue weighted by atomic mass is 10.2. The van der Waals surface area contributed by atoms with E-state index >= 15 is 0 Å². The molecule has 2 aromatic rings. The standard InChI is InChI=1S/C24H34NO3P/c1-7-29(8-2,19(3)25-23(26)28-24(4,5)6)22-16-14-21(15-17-22)27-18-20-12-10-9-11-13-20/h9-17,19H,7-8,18H2,1-6H3/p+1. The predicted molar refractivity (Wildman–Crippen MR) is 124 cm³/mol. The molecule has 4 nitrogen and oxygen atoms in total. The molecule has 0 heterocycles. The van der Waals surface area contributed by atoms with Gasteiger partial charge in [0.25, 0.3) is 0 Å². The van der Waals surface area contributed by atoms with Gasteiger partial charge in [0.2, 0.25) is 0 Å². The Morgan fingerprint density at radius 3 is 2.10 bits per heavy atom. The van der Waals surface area contributed by atoms with Crippen LogP contribution >= 0.6 is 7.26 Å². The van der Waals surface area contributed by atoms with E-state index in [4.69, 9.17) is 9.47 Å². The third-order valence-corrected chi connectivity index (χ3v) is 10.4. The van der Waals surface area contributed by atoms with E-state index in [1.807, 2.05) is 51.1 Å². The molecule has 29 heavy (non-hydrogen) atoms. The highest BCUT2D eigenvalue weighted by Crippen LogP contribution is 2.60. The van der Waals surface area contributed by atoms with Crippen molar-refractivity contribution in [1.29, 1.82) is 0 Å². The first-order chi connectivity index (χ1) is 13.7. The molecule has 0 aliphatic heterocycles. The number of benzene rings is 2. The van der Waals surface area contributed by atoms with Crippen LogP contribution in [0.1, 0.15) is 47.1 Å². The molecule has 158 valence electrons. The fourth-order valence-corrected chi connectivity index (χ4v) is 7.36. The van der Waals surface area contributed by atoms with E-state index < -0.39 is 12.9 Å². The van der Waals surface area contributed by atoms with Crippen LogP contribution in [0.5, 0.6) is 5.75 Å². The molecule has 0 saturated carbocycles. The maximum atomic E-state index is 12.3. The number of alkyl carbamates (subject to hydrolysis) is 1. The summed E-state index contributed by atoms with van der Waals surface area (Å²) in [7, 11) is -1.59. The van der Waals surface area contributed by atoms with Crippen LogP contribution in [0.15, 0.2) is 54.6 Å². The Labute approximate surface area is 176 Å². The van der Waals surface area contributed by atoms with Gasteiger partial charge in [0, 0.05) is 0 Å². The lowest BCUT2D eigenvalue weighted by Crippen LogP contribution is -2.42. The third kappa shape index (κ3) is 6.47. The summed E-state index contributed by atoms with van der Waals surface area (Å²) in [6.07, 6.45) is 1.69. The number of carbonyl (C=O) groups is 1. The highest BCUT2D eigenvalue weighted by Gasteiger charge is 2.43. The summed E-state index contributed by atoms with van der Waals surface area (Å²) in [5, 5.41) is 4.40. The number of hydrogen-bond acceptors (Lipinski definition) is 3. The second-order valence-electron chi connectivity index (χ2n) is 8.26. The van der Waals surface area contributed by atoms with Crippen LogP contribution in [0.2, 0.25) is 0 Å². The monoisotopic (exact) mass is 416 g/mol. The average Bonchev–Trinajstić information content (AvgIpc) is 2.68. The number of amides is 1. The predicted octanol–water partition coefficient (Wildman–Crippen LogP) is 5.82.